The smallest absolute Gasteiger partial charge is 0.287 e. The van der Waals surface area contributed by atoms with Crippen LogP contribution in [0, 0.1) is 12.8 Å². The summed E-state index contributed by atoms with van der Waals surface area (Å²) in [6.45, 7) is 5.40. The molecule has 40 heavy (non-hydrogen) atoms. The number of sulfonamides is 1. The largest absolute Gasteiger partial charge is 0.497 e. The fourth-order valence-electron chi connectivity index (χ4n) is 4.85. The summed E-state index contributed by atoms with van der Waals surface area (Å²) in [6, 6.07) is 11.6. The lowest BCUT2D eigenvalue weighted by atomic mass is 10.0. The van der Waals surface area contributed by atoms with Crippen LogP contribution in [0.25, 0.3) is 11.0 Å². The second kappa shape index (κ2) is 12.2. The van der Waals surface area contributed by atoms with E-state index in [1.54, 1.807) is 25.1 Å². The fraction of sp³-hybridized carbons (Fsp3) is 0.414. The highest BCUT2D eigenvalue weighted by molar-refractivity contribution is 7.89. The van der Waals surface area contributed by atoms with Crippen molar-refractivity contribution in [3.63, 3.8) is 0 Å². The summed E-state index contributed by atoms with van der Waals surface area (Å²) >= 11 is 0. The molecule has 0 saturated carbocycles. The van der Waals surface area contributed by atoms with Crippen LogP contribution in [0.5, 0.6) is 5.75 Å². The third kappa shape index (κ3) is 6.37. The van der Waals surface area contributed by atoms with E-state index >= 15 is 0 Å². The van der Waals surface area contributed by atoms with Crippen LogP contribution >= 0.6 is 0 Å². The third-order valence-corrected chi connectivity index (χ3v) is 8.84. The van der Waals surface area contributed by atoms with Gasteiger partial charge in [0.2, 0.25) is 15.9 Å². The van der Waals surface area contributed by atoms with Crippen LogP contribution in [0.3, 0.4) is 0 Å². The number of hydrogen-bond donors (Lipinski definition) is 2. The number of nitrogens with one attached hydrogen (secondary N) is 2. The first-order valence-electron chi connectivity index (χ1n) is 13.3. The first-order valence-corrected chi connectivity index (χ1v) is 14.7. The minimum Gasteiger partial charge on any atom is -0.497 e. The molecule has 2 heterocycles. The zero-order valence-electron chi connectivity index (χ0n) is 23.1. The van der Waals surface area contributed by atoms with Gasteiger partial charge in [-0.2, -0.15) is 4.31 Å². The highest BCUT2D eigenvalue weighted by Gasteiger charge is 2.35. The second-order valence-electron chi connectivity index (χ2n) is 10.4. The van der Waals surface area contributed by atoms with E-state index in [2.05, 4.69) is 10.6 Å². The Balaban J connectivity index is 1.46. The Morgan fingerprint density at radius 1 is 1.15 bits per heavy atom. The van der Waals surface area contributed by atoms with Gasteiger partial charge in [0.25, 0.3) is 5.91 Å². The summed E-state index contributed by atoms with van der Waals surface area (Å²) in [7, 11) is -2.50. The predicted octanol–water partition coefficient (Wildman–Crippen LogP) is 3.43. The van der Waals surface area contributed by atoms with Gasteiger partial charge in [-0.25, -0.2) is 8.42 Å². The Labute approximate surface area is 234 Å². The van der Waals surface area contributed by atoms with Crippen LogP contribution in [0.4, 0.5) is 0 Å². The number of ether oxygens (including phenoxy) is 1. The van der Waals surface area contributed by atoms with Crippen LogP contribution in [0.2, 0.25) is 0 Å². The van der Waals surface area contributed by atoms with E-state index < -0.39 is 39.7 Å². The summed E-state index contributed by atoms with van der Waals surface area (Å²) in [5.74, 6) is -0.841. The Morgan fingerprint density at radius 3 is 2.60 bits per heavy atom. The molecule has 0 aliphatic carbocycles. The van der Waals surface area contributed by atoms with Crippen LogP contribution in [-0.4, -0.2) is 62.6 Å². The molecule has 1 aromatic heterocycles. The van der Waals surface area contributed by atoms with Gasteiger partial charge in [-0.1, -0.05) is 38.1 Å². The van der Waals surface area contributed by atoms with Gasteiger partial charge in [-0.3, -0.25) is 14.4 Å². The number of carbonyl (C=O) groups is 3. The van der Waals surface area contributed by atoms with E-state index in [1.807, 2.05) is 32.0 Å². The number of methoxy groups -OCH3 is 1. The van der Waals surface area contributed by atoms with Gasteiger partial charge in [0.15, 0.2) is 11.5 Å². The van der Waals surface area contributed by atoms with Crippen molar-refractivity contribution in [1.29, 1.82) is 0 Å². The summed E-state index contributed by atoms with van der Waals surface area (Å²) in [6.07, 6.45) is 0.993. The molecular formula is C29H35N3O7S. The van der Waals surface area contributed by atoms with E-state index in [0.717, 1.165) is 9.69 Å². The van der Waals surface area contributed by atoms with E-state index in [9.17, 15) is 22.8 Å². The number of carbonyl (C=O) groups excluding carboxylic acids is 3. The summed E-state index contributed by atoms with van der Waals surface area (Å²) in [5, 5.41) is 6.36. The van der Waals surface area contributed by atoms with E-state index in [-0.39, 0.29) is 36.1 Å². The minimum absolute atomic E-state index is 0.0303. The lowest BCUT2D eigenvalue weighted by Gasteiger charge is -2.23. The van der Waals surface area contributed by atoms with Crippen LogP contribution in [0.15, 0.2) is 57.8 Å². The topological polar surface area (TPSA) is 135 Å². The first kappa shape index (κ1) is 29.3. The average Bonchev–Trinajstić information content (AvgIpc) is 3.15. The molecule has 2 amide bonds. The number of nitrogens with zero attached hydrogens (tertiary/aromatic N) is 1. The second-order valence-corrected chi connectivity index (χ2v) is 12.3. The number of amides is 2. The Kier molecular flexibility index (Phi) is 8.95. The molecule has 214 valence electrons. The lowest BCUT2D eigenvalue weighted by molar-refractivity contribution is -0.129. The summed E-state index contributed by atoms with van der Waals surface area (Å²) in [5.41, 5.74) is 1.25. The molecule has 3 aromatic rings. The minimum atomic E-state index is -3.94. The van der Waals surface area contributed by atoms with Gasteiger partial charge in [0.05, 0.1) is 24.6 Å². The highest BCUT2D eigenvalue weighted by Crippen LogP contribution is 2.26. The molecule has 1 saturated heterocycles. The van der Waals surface area contributed by atoms with Gasteiger partial charge in [-0.05, 0) is 50.3 Å². The Hall–Kier alpha value is -3.70. The number of para-hydroxylation sites is 1. The molecule has 2 atom stereocenters. The normalized spacial score (nSPS) is 17.4. The van der Waals surface area contributed by atoms with Gasteiger partial charge in [0, 0.05) is 23.6 Å². The van der Waals surface area contributed by atoms with Crippen molar-refractivity contribution in [3.8, 4) is 5.75 Å². The molecular weight excluding hydrogens is 534 g/mol. The predicted molar refractivity (Wildman–Crippen MR) is 150 cm³/mol. The zero-order chi connectivity index (χ0) is 29.0. The molecule has 11 heteroatoms. The number of Topliss-reactive ketones (excluding diaryl/α,β-unsaturated/α-hetero) is 1. The maximum Gasteiger partial charge on any atom is 0.287 e. The number of benzene rings is 2. The number of aryl methyl sites for hydroxylation is 1. The Bertz CT molecular complexity index is 1510. The fourth-order valence-corrected chi connectivity index (χ4v) is 6.33. The van der Waals surface area contributed by atoms with Crippen LogP contribution in [0.1, 0.15) is 49.2 Å². The van der Waals surface area contributed by atoms with Crippen molar-refractivity contribution in [1.82, 2.24) is 14.9 Å². The lowest BCUT2D eigenvalue weighted by Crippen LogP contribution is -2.52. The van der Waals surface area contributed by atoms with Gasteiger partial charge >= 0.3 is 0 Å². The number of furan rings is 1. The molecule has 1 unspecified atom stereocenters. The van der Waals surface area contributed by atoms with E-state index in [1.165, 1.54) is 19.2 Å². The quantitative estimate of drug-likeness (QED) is 0.403. The van der Waals surface area contributed by atoms with Crippen molar-refractivity contribution in [3.05, 3.63) is 59.9 Å². The first-order chi connectivity index (χ1) is 19.0. The maximum absolute atomic E-state index is 13.3. The molecule has 0 bridgehead atoms. The SMILES string of the molecule is COc1cccc(S(=O)(=O)N2CCCC(NC(=O)[C@H](CC(C)C)NC(=O)c3oc4ccccc4c3C)C(=O)C2)c1. The van der Waals surface area contributed by atoms with Crippen molar-refractivity contribution < 1.29 is 32.0 Å². The number of ketones is 1. The van der Waals surface area contributed by atoms with Crippen LogP contribution < -0.4 is 15.4 Å². The highest BCUT2D eigenvalue weighted by atomic mass is 32.2. The molecule has 2 aromatic carbocycles. The molecule has 1 aliphatic rings. The van der Waals surface area contributed by atoms with Crippen LogP contribution in [-0.2, 0) is 19.6 Å². The van der Waals surface area contributed by atoms with E-state index in [0.29, 0.717) is 29.7 Å². The summed E-state index contributed by atoms with van der Waals surface area (Å²) in [4.78, 5) is 39.7. The molecule has 2 N–H and O–H groups in total. The van der Waals surface area contributed by atoms with Crippen molar-refractivity contribution in [2.45, 2.75) is 57.0 Å². The van der Waals surface area contributed by atoms with Crippen molar-refractivity contribution in [2.75, 3.05) is 20.2 Å². The molecule has 10 nitrogen and oxygen atoms in total. The van der Waals surface area contributed by atoms with Gasteiger partial charge in [0.1, 0.15) is 17.4 Å². The van der Waals surface area contributed by atoms with Crippen molar-refractivity contribution >= 4 is 38.6 Å². The Morgan fingerprint density at radius 2 is 1.90 bits per heavy atom. The third-order valence-electron chi connectivity index (χ3n) is 7.00. The van der Waals surface area contributed by atoms with Gasteiger partial charge in [-0.15, -0.1) is 0 Å². The monoisotopic (exact) mass is 569 g/mol. The molecule has 1 aliphatic heterocycles. The average molecular weight is 570 g/mol. The molecule has 4 rings (SSSR count). The molecule has 0 spiro atoms. The zero-order valence-corrected chi connectivity index (χ0v) is 23.9. The number of hydrogen-bond acceptors (Lipinski definition) is 7. The summed E-state index contributed by atoms with van der Waals surface area (Å²) < 4.78 is 38.5. The van der Waals surface area contributed by atoms with Gasteiger partial charge < -0.3 is 19.8 Å². The molecule has 1 fully saturated rings. The maximum atomic E-state index is 13.3. The van der Waals surface area contributed by atoms with Crippen molar-refractivity contribution in [2.24, 2.45) is 5.92 Å². The number of fused-ring (bicyclic) bond motifs is 1. The standard InChI is InChI=1S/C29H35N3O7S/c1-18(2)15-24(31-29(35)27-19(3)22-11-5-6-13-26(22)39-27)28(34)30-23-12-8-14-32(17-25(23)33)40(36,37)21-10-7-9-20(16-21)38-4/h5-7,9-11,13,16,18,23-24H,8,12,14-15,17H2,1-4H3,(H,30,34)(H,31,35)/t23?,24-/m0/s1. The number of rotatable bonds is 9. The van der Waals surface area contributed by atoms with E-state index in [4.69, 9.17) is 9.15 Å². The molecule has 0 radical (unpaired) electrons.